The number of carboxylic acid groups (broad SMARTS) is 1. The minimum atomic E-state index is -0.886. The molecule has 1 N–H and O–H groups in total. The lowest BCUT2D eigenvalue weighted by atomic mass is 9.76. The van der Waals surface area contributed by atoms with Crippen LogP contribution in [0.5, 0.6) is 5.75 Å². The Labute approximate surface area is 200 Å². The van der Waals surface area contributed by atoms with Crippen LogP contribution < -0.4 is 4.74 Å². The van der Waals surface area contributed by atoms with Gasteiger partial charge >= 0.3 is 6.09 Å². The highest BCUT2D eigenvalue weighted by Crippen LogP contribution is 2.44. The molecular formula is C27H29ClN2O3. The molecule has 2 aromatic carbocycles. The monoisotopic (exact) mass is 464 g/mol. The number of halogens is 1. The molecular weight excluding hydrogens is 436 g/mol. The van der Waals surface area contributed by atoms with E-state index in [1.807, 2.05) is 37.3 Å². The highest BCUT2D eigenvalue weighted by atomic mass is 35.5. The fraction of sp³-hybridized carbons (Fsp3) is 0.333. The van der Waals surface area contributed by atoms with Crippen molar-refractivity contribution in [2.24, 2.45) is 5.41 Å². The summed E-state index contributed by atoms with van der Waals surface area (Å²) in [4.78, 5) is 17.9. The van der Waals surface area contributed by atoms with E-state index in [4.69, 9.17) is 16.3 Å². The minimum Gasteiger partial charge on any atom is -0.487 e. The van der Waals surface area contributed by atoms with Crippen molar-refractivity contribution in [1.29, 1.82) is 0 Å². The van der Waals surface area contributed by atoms with Crippen molar-refractivity contribution in [1.82, 2.24) is 9.88 Å². The number of rotatable bonds is 4. The lowest BCUT2D eigenvalue weighted by Crippen LogP contribution is -2.44. The second kappa shape index (κ2) is 9.06. The van der Waals surface area contributed by atoms with Crippen molar-refractivity contribution in [2.45, 2.75) is 46.8 Å². The van der Waals surface area contributed by atoms with E-state index < -0.39 is 6.09 Å². The molecule has 0 bridgehead atoms. The van der Waals surface area contributed by atoms with E-state index in [1.54, 1.807) is 11.1 Å². The molecule has 1 amide bonds. The molecule has 33 heavy (non-hydrogen) atoms. The predicted molar refractivity (Wildman–Crippen MR) is 131 cm³/mol. The molecule has 4 rings (SSSR count). The van der Waals surface area contributed by atoms with E-state index in [9.17, 15) is 9.90 Å². The van der Waals surface area contributed by atoms with Gasteiger partial charge < -0.3 is 14.7 Å². The van der Waals surface area contributed by atoms with Crippen molar-refractivity contribution in [2.75, 3.05) is 6.54 Å². The fourth-order valence-electron chi connectivity index (χ4n) is 4.61. The van der Waals surface area contributed by atoms with Gasteiger partial charge in [0, 0.05) is 23.3 Å². The first-order valence-electron chi connectivity index (χ1n) is 11.1. The van der Waals surface area contributed by atoms with E-state index in [1.165, 1.54) is 5.56 Å². The Balaban J connectivity index is 1.74. The van der Waals surface area contributed by atoms with Crippen molar-refractivity contribution in [3.05, 3.63) is 82.1 Å². The predicted octanol–water partition coefficient (Wildman–Crippen LogP) is 6.91. The zero-order valence-electron chi connectivity index (χ0n) is 19.4. The number of aromatic nitrogens is 1. The van der Waals surface area contributed by atoms with Gasteiger partial charge in [-0.25, -0.2) is 4.79 Å². The van der Waals surface area contributed by atoms with Crippen LogP contribution in [0.4, 0.5) is 4.79 Å². The topological polar surface area (TPSA) is 62.7 Å². The van der Waals surface area contributed by atoms with Crippen LogP contribution in [0.25, 0.3) is 11.1 Å². The SMILES string of the molecule is Cc1ccnc(COc2ccc(Cl)cc2-c2ccc3c(c2)C(C(C)(C)C)N(C(=O)O)CC3)c1. The molecule has 1 atom stereocenters. The Morgan fingerprint density at radius 2 is 1.97 bits per heavy atom. The molecule has 1 aromatic heterocycles. The number of pyridine rings is 1. The third-order valence-corrected chi connectivity index (χ3v) is 6.28. The van der Waals surface area contributed by atoms with Crippen LogP contribution >= 0.6 is 11.6 Å². The number of amides is 1. The lowest BCUT2D eigenvalue weighted by Gasteiger charge is -2.43. The number of benzene rings is 2. The maximum atomic E-state index is 12.0. The Morgan fingerprint density at radius 1 is 1.18 bits per heavy atom. The first kappa shape index (κ1) is 23.1. The van der Waals surface area contributed by atoms with Gasteiger partial charge in [-0.1, -0.05) is 44.5 Å². The largest absolute Gasteiger partial charge is 0.487 e. The Kier molecular flexibility index (Phi) is 6.35. The third kappa shape index (κ3) is 4.98. The Hall–Kier alpha value is -3.05. The highest BCUT2D eigenvalue weighted by Gasteiger charge is 2.38. The van der Waals surface area contributed by atoms with E-state index >= 15 is 0 Å². The summed E-state index contributed by atoms with van der Waals surface area (Å²) in [6.07, 6.45) is 1.59. The Bertz CT molecular complexity index is 1190. The maximum Gasteiger partial charge on any atom is 0.407 e. The second-order valence-electron chi connectivity index (χ2n) is 9.66. The molecule has 2 heterocycles. The number of carbonyl (C=O) groups is 1. The minimum absolute atomic E-state index is 0.237. The molecule has 0 fully saturated rings. The van der Waals surface area contributed by atoms with Crippen LogP contribution in [0.1, 0.15) is 49.2 Å². The van der Waals surface area contributed by atoms with Crippen molar-refractivity contribution >= 4 is 17.7 Å². The van der Waals surface area contributed by atoms with Crippen molar-refractivity contribution in [3.63, 3.8) is 0 Å². The standard InChI is InChI=1S/C27H29ClN2O3/c1-17-9-11-29-21(13-17)16-33-24-8-7-20(28)15-22(24)19-6-5-18-10-12-30(26(31)32)25(23(18)14-19)27(2,3)4/h5-9,11,13-15,25H,10,12,16H2,1-4H3,(H,31,32). The number of aryl methyl sites for hydroxylation is 1. The summed E-state index contributed by atoms with van der Waals surface area (Å²) in [6, 6.07) is 15.6. The molecule has 3 aromatic rings. The number of hydrogen-bond donors (Lipinski definition) is 1. The summed E-state index contributed by atoms with van der Waals surface area (Å²) >= 11 is 6.36. The molecule has 0 saturated carbocycles. The summed E-state index contributed by atoms with van der Waals surface area (Å²) < 4.78 is 6.16. The molecule has 0 saturated heterocycles. The highest BCUT2D eigenvalue weighted by molar-refractivity contribution is 6.31. The van der Waals surface area contributed by atoms with Crippen LogP contribution in [-0.2, 0) is 13.0 Å². The average molecular weight is 465 g/mol. The van der Waals surface area contributed by atoms with E-state index in [-0.39, 0.29) is 11.5 Å². The number of nitrogens with zero attached hydrogens (tertiary/aromatic N) is 2. The van der Waals surface area contributed by atoms with Gasteiger partial charge in [0.05, 0.1) is 11.7 Å². The second-order valence-corrected chi connectivity index (χ2v) is 10.1. The van der Waals surface area contributed by atoms with Crippen LogP contribution in [0.15, 0.2) is 54.7 Å². The van der Waals surface area contributed by atoms with Crippen LogP contribution in [0.3, 0.4) is 0 Å². The van der Waals surface area contributed by atoms with Crippen LogP contribution in [-0.4, -0.2) is 27.6 Å². The maximum absolute atomic E-state index is 12.0. The van der Waals surface area contributed by atoms with Gasteiger partial charge in [0.25, 0.3) is 0 Å². The fourth-order valence-corrected chi connectivity index (χ4v) is 4.78. The first-order valence-corrected chi connectivity index (χ1v) is 11.5. The summed E-state index contributed by atoms with van der Waals surface area (Å²) in [5, 5.41) is 10.5. The van der Waals surface area contributed by atoms with Crippen molar-refractivity contribution in [3.8, 4) is 16.9 Å². The van der Waals surface area contributed by atoms with Gasteiger partial charge in [0.1, 0.15) is 12.4 Å². The summed E-state index contributed by atoms with van der Waals surface area (Å²) in [5.74, 6) is 0.709. The molecule has 1 aliphatic rings. The zero-order valence-corrected chi connectivity index (χ0v) is 20.2. The Morgan fingerprint density at radius 3 is 2.67 bits per heavy atom. The quantitative estimate of drug-likeness (QED) is 0.455. The van der Waals surface area contributed by atoms with Crippen LogP contribution in [0, 0.1) is 12.3 Å². The summed E-state index contributed by atoms with van der Waals surface area (Å²) in [5.41, 5.74) is 5.78. The van der Waals surface area contributed by atoms with Gasteiger partial charge in [0.2, 0.25) is 0 Å². The number of fused-ring (bicyclic) bond motifs is 1. The molecule has 172 valence electrons. The van der Waals surface area contributed by atoms with Crippen molar-refractivity contribution < 1.29 is 14.6 Å². The zero-order chi connectivity index (χ0) is 23.8. The van der Waals surface area contributed by atoms with Gasteiger partial charge in [-0.2, -0.15) is 0 Å². The smallest absolute Gasteiger partial charge is 0.407 e. The van der Waals surface area contributed by atoms with Gasteiger partial charge in [0.15, 0.2) is 0 Å². The van der Waals surface area contributed by atoms with Gasteiger partial charge in [-0.05, 0) is 77.4 Å². The number of ether oxygens (including phenoxy) is 1. The van der Waals surface area contributed by atoms with Gasteiger partial charge in [-0.3, -0.25) is 4.98 Å². The van der Waals surface area contributed by atoms with Crippen LogP contribution in [0.2, 0.25) is 5.02 Å². The average Bonchev–Trinajstić information content (AvgIpc) is 2.76. The summed E-state index contributed by atoms with van der Waals surface area (Å²) in [6.45, 7) is 9.11. The lowest BCUT2D eigenvalue weighted by molar-refractivity contribution is 0.0759. The molecule has 6 heteroatoms. The number of hydrogen-bond acceptors (Lipinski definition) is 3. The molecule has 1 unspecified atom stereocenters. The normalized spacial score (nSPS) is 15.8. The first-order chi connectivity index (χ1) is 15.6. The molecule has 1 aliphatic heterocycles. The third-order valence-electron chi connectivity index (χ3n) is 6.04. The van der Waals surface area contributed by atoms with Gasteiger partial charge in [-0.15, -0.1) is 0 Å². The van der Waals surface area contributed by atoms with E-state index in [2.05, 4.69) is 44.0 Å². The molecule has 5 nitrogen and oxygen atoms in total. The van der Waals surface area contributed by atoms with E-state index in [0.717, 1.165) is 27.9 Å². The molecule has 0 radical (unpaired) electrons. The summed E-state index contributed by atoms with van der Waals surface area (Å²) in [7, 11) is 0. The molecule has 0 aliphatic carbocycles. The molecule has 0 spiro atoms. The van der Waals surface area contributed by atoms with E-state index in [0.29, 0.717) is 30.3 Å².